The third-order valence-corrected chi connectivity index (χ3v) is 4.30. The topological polar surface area (TPSA) is 69.9 Å². The number of hydrogen-bond acceptors (Lipinski definition) is 6. The van der Waals surface area contributed by atoms with Crippen LogP contribution >= 0.6 is 23.4 Å². The van der Waals surface area contributed by atoms with Crippen LogP contribution in [-0.4, -0.2) is 38.5 Å². The lowest BCUT2D eigenvalue weighted by Crippen LogP contribution is -2.05. The predicted molar refractivity (Wildman–Crippen MR) is 99.3 cm³/mol. The Morgan fingerprint density at radius 3 is 2.81 bits per heavy atom. The van der Waals surface area contributed by atoms with Crippen molar-refractivity contribution in [1.82, 2.24) is 20.2 Å². The van der Waals surface area contributed by atoms with Gasteiger partial charge < -0.3 is 4.74 Å². The van der Waals surface area contributed by atoms with Crippen LogP contribution in [-0.2, 0) is 4.74 Å². The Morgan fingerprint density at radius 2 is 2.04 bits per heavy atom. The number of carbonyl (C=O) groups excluding carboxylic acids is 1. The van der Waals surface area contributed by atoms with Gasteiger partial charge in [0.25, 0.3) is 0 Å². The van der Waals surface area contributed by atoms with Gasteiger partial charge in [0.1, 0.15) is 5.82 Å². The van der Waals surface area contributed by atoms with Gasteiger partial charge in [-0.05, 0) is 52.9 Å². The molecule has 1 heterocycles. The number of ether oxygens (including phenoxy) is 1. The molecule has 0 spiro atoms. The van der Waals surface area contributed by atoms with E-state index >= 15 is 0 Å². The fourth-order valence-electron chi connectivity index (χ4n) is 2.02. The maximum Gasteiger partial charge on any atom is 0.339 e. The lowest BCUT2D eigenvalue weighted by atomic mass is 10.2. The van der Waals surface area contributed by atoms with Crippen molar-refractivity contribution in [2.75, 3.05) is 12.4 Å². The first-order chi connectivity index (χ1) is 13.1. The fraction of sp³-hybridized carbons (Fsp3) is 0.111. The number of halogens is 2. The molecule has 0 aliphatic heterocycles. The highest BCUT2D eigenvalue weighted by molar-refractivity contribution is 7.99. The Kier molecular flexibility index (Phi) is 6.41. The molecule has 0 radical (unpaired) electrons. The van der Waals surface area contributed by atoms with Crippen LogP contribution in [0.1, 0.15) is 10.4 Å². The summed E-state index contributed by atoms with van der Waals surface area (Å²) >= 11 is 7.22. The molecule has 0 aliphatic rings. The number of hydrogen-bond donors (Lipinski definition) is 0. The highest BCUT2D eigenvalue weighted by Crippen LogP contribution is 2.19. The van der Waals surface area contributed by atoms with Gasteiger partial charge in [0.15, 0.2) is 6.61 Å². The summed E-state index contributed by atoms with van der Waals surface area (Å²) in [4.78, 5) is 11.7. The molecule has 1 aromatic heterocycles. The predicted octanol–water partition coefficient (Wildman–Crippen LogP) is 3.41. The zero-order valence-corrected chi connectivity index (χ0v) is 15.4. The Balaban J connectivity index is 1.49. The monoisotopic (exact) mass is 402 g/mol. The molecule has 0 unspecified atom stereocenters. The molecule has 0 N–H and O–H groups in total. The Bertz CT molecular complexity index is 998. The van der Waals surface area contributed by atoms with E-state index in [0.29, 0.717) is 15.9 Å². The minimum Gasteiger partial charge on any atom is -0.449 e. The van der Waals surface area contributed by atoms with E-state index in [2.05, 4.69) is 27.4 Å². The molecule has 0 bridgehead atoms. The number of esters is 1. The molecule has 0 fully saturated rings. The summed E-state index contributed by atoms with van der Waals surface area (Å²) in [5.41, 5.74) is 0.928. The maximum absolute atomic E-state index is 13.1. The van der Waals surface area contributed by atoms with Crippen molar-refractivity contribution in [3.8, 4) is 17.5 Å². The summed E-state index contributed by atoms with van der Waals surface area (Å²) in [6.45, 7) is -0.0853. The number of aromatic nitrogens is 4. The van der Waals surface area contributed by atoms with Crippen LogP contribution in [0.5, 0.6) is 0 Å². The van der Waals surface area contributed by atoms with Gasteiger partial charge >= 0.3 is 5.97 Å². The van der Waals surface area contributed by atoms with Crippen molar-refractivity contribution in [2.24, 2.45) is 0 Å². The number of tetrazole rings is 1. The summed E-state index contributed by atoms with van der Waals surface area (Å²) in [5.74, 6) is 4.88. The first-order valence-corrected chi connectivity index (χ1v) is 9.05. The highest BCUT2D eigenvalue weighted by Gasteiger charge is 2.08. The Labute approximate surface area is 163 Å². The fourth-order valence-corrected chi connectivity index (χ4v) is 2.80. The molecule has 9 heteroatoms. The third kappa shape index (κ3) is 5.29. The molecule has 6 nitrogen and oxygen atoms in total. The molecule has 27 heavy (non-hydrogen) atoms. The molecular formula is C18H12ClFN4O2S. The van der Waals surface area contributed by atoms with Crippen LogP contribution in [0.25, 0.3) is 5.69 Å². The molecule has 2 aromatic carbocycles. The van der Waals surface area contributed by atoms with E-state index in [4.69, 9.17) is 16.3 Å². The van der Waals surface area contributed by atoms with Gasteiger partial charge in [-0.3, -0.25) is 0 Å². The second-order valence-electron chi connectivity index (χ2n) is 5.08. The molecule has 0 aliphatic carbocycles. The summed E-state index contributed by atoms with van der Waals surface area (Å²) in [6, 6.07) is 12.4. The second kappa shape index (κ2) is 9.16. The lowest BCUT2D eigenvalue weighted by molar-refractivity contribution is 0.0556. The van der Waals surface area contributed by atoms with Crippen LogP contribution in [0.3, 0.4) is 0 Å². The summed E-state index contributed by atoms with van der Waals surface area (Å²) in [5, 5.41) is 12.7. The maximum atomic E-state index is 13.1. The van der Waals surface area contributed by atoms with Crippen molar-refractivity contribution in [1.29, 1.82) is 0 Å². The van der Waals surface area contributed by atoms with E-state index in [1.165, 1.54) is 30.0 Å². The van der Waals surface area contributed by atoms with Gasteiger partial charge in [0.05, 0.1) is 17.0 Å². The second-order valence-corrected chi connectivity index (χ2v) is 6.46. The molecule has 0 saturated heterocycles. The van der Waals surface area contributed by atoms with Crippen LogP contribution in [0.4, 0.5) is 4.39 Å². The minimum absolute atomic E-state index is 0.0853. The number of rotatable bonds is 5. The highest BCUT2D eigenvalue weighted by atomic mass is 35.5. The van der Waals surface area contributed by atoms with Crippen LogP contribution in [0.15, 0.2) is 53.7 Å². The average Bonchev–Trinajstić information content (AvgIpc) is 3.13. The van der Waals surface area contributed by atoms with Crippen molar-refractivity contribution < 1.29 is 13.9 Å². The van der Waals surface area contributed by atoms with Gasteiger partial charge in [0, 0.05) is 5.02 Å². The zero-order chi connectivity index (χ0) is 19.1. The van der Waals surface area contributed by atoms with Crippen molar-refractivity contribution in [2.45, 2.75) is 5.16 Å². The summed E-state index contributed by atoms with van der Waals surface area (Å²) < 4.78 is 19.6. The molecular weight excluding hydrogens is 391 g/mol. The number of nitrogens with zero attached hydrogens (tertiary/aromatic N) is 4. The van der Waals surface area contributed by atoms with Gasteiger partial charge in [-0.15, -0.1) is 5.10 Å². The van der Waals surface area contributed by atoms with Gasteiger partial charge in [-0.2, -0.15) is 4.68 Å². The average molecular weight is 403 g/mol. The molecule has 3 aromatic rings. The Morgan fingerprint density at radius 1 is 1.22 bits per heavy atom. The minimum atomic E-state index is -0.622. The summed E-state index contributed by atoms with van der Waals surface area (Å²) in [7, 11) is 0. The quantitative estimate of drug-likeness (QED) is 0.370. The van der Waals surface area contributed by atoms with Crippen LogP contribution in [0.2, 0.25) is 5.02 Å². The third-order valence-electron chi connectivity index (χ3n) is 3.25. The molecule has 3 rings (SSSR count). The van der Waals surface area contributed by atoms with Crippen LogP contribution in [0, 0.1) is 17.7 Å². The van der Waals surface area contributed by atoms with E-state index in [0.717, 1.165) is 11.8 Å². The standard InChI is InChI=1S/C18H12ClFN4O2S/c19-14-6-8-16(9-7-14)24-18(21-22-23-24)27-11-2-1-10-26-17(25)13-4-3-5-15(20)12-13/h3-9,12H,10-11H2. The molecule has 0 saturated carbocycles. The van der Waals surface area contributed by atoms with Crippen molar-refractivity contribution in [3.05, 3.63) is 64.9 Å². The van der Waals surface area contributed by atoms with Crippen LogP contribution < -0.4 is 0 Å². The van der Waals surface area contributed by atoms with E-state index in [9.17, 15) is 9.18 Å². The van der Waals surface area contributed by atoms with Gasteiger partial charge in [-0.1, -0.05) is 41.3 Å². The largest absolute Gasteiger partial charge is 0.449 e. The Hall–Kier alpha value is -2.89. The molecule has 0 amide bonds. The number of thioether (sulfide) groups is 1. The zero-order valence-electron chi connectivity index (χ0n) is 13.8. The first-order valence-electron chi connectivity index (χ1n) is 7.69. The van der Waals surface area contributed by atoms with Gasteiger partial charge in [0.2, 0.25) is 5.16 Å². The first kappa shape index (κ1) is 18.9. The number of carbonyl (C=O) groups is 1. The normalized spacial score (nSPS) is 10.1. The van der Waals surface area contributed by atoms with Crippen molar-refractivity contribution >= 4 is 29.3 Å². The SMILES string of the molecule is O=C(OCC#CCSc1nnnn1-c1ccc(Cl)cc1)c1cccc(F)c1. The smallest absolute Gasteiger partial charge is 0.339 e. The summed E-state index contributed by atoms with van der Waals surface area (Å²) in [6.07, 6.45) is 0. The van der Waals surface area contributed by atoms with E-state index in [1.54, 1.807) is 28.9 Å². The number of benzene rings is 2. The molecule has 136 valence electrons. The van der Waals surface area contributed by atoms with Gasteiger partial charge in [-0.25, -0.2) is 9.18 Å². The van der Waals surface area contributed by atoms with E-state index in [1.807, 2.05) is 0 Å². The lowest BCUT2D eigenvalue weighted by Gasteiger charge is -2.02. The molecule has 0 atom stereocenters. The van der Waals surface area contributed by atoms with Crippen molar-refractivity contribution in [3.63, 3.8) is 0 Å². The van der Waals surface area contributed by atoms with E-state index in [-0.39, 0.29) is 12.2 Å². The van der Waals surface area contributed by atoms with E-state index < -0.39 is 11.8 Å².